The topological polar surface area (TPSA) is 66.5 Å². The van der Waals surface area contributed by atoms with Crippen LogP contribution in [0.5, 0.6) is 0 Å². The first-order valence-corrected chi connectivity index (χ1v) is 10.2. The third-order valence-corrected chi connectivity index (χ3v) is 5.14. The van der Waals surface area contributed by atoms with E-state index in [-0.39, 0.29) is 11.9 Å². The smallest absolute Gasteiger partial charge is 0.254 e. The quantitative estimate of drug-likeness (QED) is 0.913. The van der Waals surface area contributed by atoms with E-state index < -0.39 is 10.0 Å². The van der Waals surface area contributed by atoms with E-state index in [1.165, 1.54) is 11.1 Å². The first-order valence-electron chi connectivity index (χ1n) is 8.28. The molecule has 0 radical (unpaired) electrons. The van der Waals surface area contributed by atoms with E-state index in [1.807, 2.05) is 19.2 Å². The number of carbonyl (C=O) groups is 1. The standard InChI is InChI=1S/C19H22N2O3S/c1-21(18-12-6-8-14-7-3-4-11-17(14)18)19(22)15-9-5-10-16(13-15)20-25(2,23)24/h3-5,7,9-11,13,18,20H,6,8,12H2,1-2H3. The minimum absolute atomic E-state index is 0.0453. The van der Waals surface area contributed by atoms with Gasteiger partial charge in [0.1, 0.15) is 0 Å². The molecule has 1 aliphatic carbocycles. The van der Waals surface area contributed by atoms with Crippen LogP contribution in [0.25, 0.3) is 0 Å². The molecule has 132 valence electrons. The Balaban J connectivity index is 1.85. The molecule has 0 aromatic heterocycles. The van der Waals surface area contributed by atoms with Gasteiger partial charge in [-0.05, 0) is 48.6 Å². The molecule has 0 bridgehead atoms. The van der Waals surface area contributed by atoms with Gasteiger partial charge in [0.05, 0.1) is 12.3 Å². The molecule has 1 amide bonds. The summed E-state index contributed by atoms with van der Waals surface area (Å²) in [5, 5.41) is 0. The van der Waals surface area contributed by atoms with Crippen molar-refractivity contribution in [2.45, 2.75) is 25.3 Å². The minimum atomic E-state index is -3.38. The Morgan fingerprint density at radius 1 is 1.16 bits per heavy atom. The van der Waals surface area contributed by atoms with Gasteiger partial charge in [0, 0.05) is 18.3 Å². The first kappa shape index (κ1) is 17.5. The molecule has 1 aliphatic rings. The van der Waals surface area contributed by atoms with Crippen molar-refractivity contribution in [1.29, 1.82) is 0 Å². The van der Waals surface area contributed by atoms with Gasteiger partial charge in [-0.15, -0.1) is 0 Å². The fourth-order valence-electron chi connectivity index (χ4n) is 3.41. The second-order valence-corrected chi connectivity index (χ2v) is 8.23. The summed E-state index contributed by atoms with van der Waals surface area (Å²) in [6.45, 7) is 0. The van der Waals surface area contributed by atoms with E-state index in [0.717, 1.165) is 25.5 Å². The van der Waals surface area contributed by atoms with Crippen LogP contribution in [0, 0.1) is 0 Å². The maximum Gasteiger partial charge on any atom is 0.254 e. The molecule has 0 heterocycles. The summed E-state index contributed by atoms with van der Waals surface area (Å²) in [5.74, 6) is -0.112. The molecular weight excluding hydrogens is 336 g/mol. The number of aryl methyl sites for hydroxylation is 1. The van der Waals surface area contributed by atoms with Crippen LogP contribution in [0.3, 0.4) is 0 Å². The maximum atomic E-state index is 12.9. The van der Waals surface area contributed by atoms with E-state index in [0.29, 0.717) is 11.3 Å². The van der Waals surface area contributed by atoms with Gasteiger partial charge in [-0.1, -0.05) is 30.3 Å². The lowest BCUT2D eigenvalue weighted by atomic mass is 9.87. The van der Waals surface area contributed by atoms with Gasteiger partial charge in [0.2, 0.25) is 10.0 Å². The molecule has 0 saturated carbocycles. The lowest BCUT2D eigenvalue weighted by Crippen LogP contribution is -2.33. The molecule has 1 unspecified atom stereocenters. The van der Waals surface area contributed by atoms with Gasteiger partial charge in [0.15, 0.2) is 0 Å². The summed E-state index contributed by atoms with van der Waals surface area (Å²) in [6.07, 6.45) is 4.12. The van der Waals surface area contributed by atoms with Gasteiger partial charge in [-0.25, -0.2) is 8.42 Å². The monoisotopic (exact) mass is 358 g/mol. The minimum Gasteiger partial charge on any atom is -0.335 e. The second kappa shape index (κ2) is 6.88. The number of fused-ring (bicyclic) bond motifs is 1. The van der Waals surface area contributed by atoms with Crippen molar-refractivity contribution in [3.63, 3.8) is 0 Å². The van der Waals surface area contributed by atoms with Crippen LogP contribution in [0.2, 0.25) is 0 Å². The summed E-state index contributed by atoms with van der Waals surface area (Å²) >= 11 is 0. The van der Waals surface area contributed by atoms with Crippen LogP contribution >= 0.6 is 0 Å². The molecule has 3 rings (SSSR count). The Labute approximate surface area is 148 Å². The molecule has 1 atom stereocenters. The van der Waals surface area contributed by atoms with Gasteiger partial charge in [-0.2, -0.15) is 0 Å². The fraction of sp³-hybridized carbons (Fsp3) is 0.316. The Hall–Kier alpha value is -2.34. The number of nitrogens with zero attached hydrogens (tertiary/aromatic N) is 1. The predicted molar refractivity (Wildman–Crippen MR) is 99.1 cm³/mol. The number of rotatable bonds is 4. The van der Waals surface area contributed by atoms with Crippen LogP contribution in [0.1, 0.15) is 40.4 Å². The van der Waals surface area contributed by atoms with Gasteiger partial charge in [0.25, 0.3) is 5.91 Å². The summed E-state index contributed by atoms with van der Waals surface area (Å²) in [7, 11) is -1.56. The highest BCUT2D eigenvalue weighted by molar-refractivity contribution is 7.92. The van der Waals surface area contributed by atoms with Crippen molar-refractivity contribution in [1.82, 2.24) is 4.90 Å². The highest BCUT2D eigenvalue weighted by atomic mass is 32.2. The largest absolute Gasteiger partial charge is 0.335 e. The zero-order chi connectivity index (χ0) is 18.0. The number of anilines is 1. The zero-order valence-electron chi connectivity index (χ0n) is 14.4. The average Bonchev–Trinajstić information content (AvgIpc) is 2.59. The normalized spacial score (nSPS) is 16.8. The molecular formula is C19H22N2O3S. The lowest BCUT2D eigenvalue weighted by molar-refractivity contribution is 0.0715. The van der Waals surface area contributed by atoms with E-state index in [2.05, 4.69) is 16.9 Å². The van der Waals surface area contributed by atoms with Crippen molar-refractivity contribution in [3.05, 3.63) is 65.2 Å². The third-order valence-electron chi connectivity index (χ3n) is 4.54. The highest BCUT2D eigenvalue weighted by Crippen LogP contribution is 2.34. The van der Waals surface area contributed by atoms with E-state index in [9.17, 15) is 13.2 Å². The van der Waals surface area contributed by atoms with Gasteiger partial charge in [-0.3, -0.25) is 9.52 Å². The van der Waals surface area contributed by atoms with E-state index in [4.69, 9.17) is 0 Å². The van der Waals surface area contributed by atoms with Gasteiger partial charge < -0.3 is 4.90 Å². The molecule has 0 fully saturated rings. The van der Waals surface area contributed by atoms with Crippen molar-refractivity contribution in [2.75, 3.05) is 18.0 Å². The Morgan fingerprint density at radius 2 is 1.92 bits per heavy atom. The van der Waals surface area contributed by atoms with Crippen LogP contribution in [-0.2, 0) is 16.4 Å². The summed E-state index contributed by atoms with van der Waals surface area (Å²) in [5.41, 5.74) is 3.37. The Kier molecular flexibility index (Phi) is 4.81. The first-order chi connectivity index (χ1) is 11.8. The molecule has 0 aliphatic heterocycles. The number of carbonyl (C=O) groups excluding carboxylic acids is 1. The summed E-state index contributed by atoms with van der Waals surface area (Å²) in [4.78, 5) is 14.7. The van der Waals surface area contributed by atoms with Crippen molar-refractivity contribution < 1.29 is 13.2 Å². The molecule has 5 nitrogen and oxygen atoms in total. The lowest BCUT2D eigenvalue weighted by Gasteiger charge is -2.33. The van der Waals surface area contributed by atoms with E-state index in [1.54, 1.807) is 29.2 Å². The van der Waals surface area contributed by atoms with Crippen LogP contribution in [0.15, 0.2) is 48.5 Å². The van der Waals surface area contributed by atoms with Crippen molar-refractivity contribution >= 4 is 21.6 Å². The maximum absolute atomic E-state index is 12.9. The van der Waals surface area contributed by atoms with Crippen molar-refractivity contribution in [3.8, 4) is 0 Å². The number of hydrogen-bond acceptors (Lipinski definition) is 3. The zero-order valence-corrected chi connectivity index (χ0v) is 15.2. The Morgan fingerprint density at radius 3 is 2.68 bits per heavy atom. The van der Waals surface area contributed by atoms with Gasteiger partial charge >= 0.3 is 0 Å². The Bertz CT molecular complexity index is 893. The molecule has 6 heteroatoms. The third kappa shape index (κ3) is 4.02. The molecule has 25 heavy (non-hydrogen) atoms. The number of benzene rings is 2. The summed E-state index contributed by atoms with van der Waals surface area (Å²) < 4.78 is 25.2. The number of amides is 1. The number of nitrogens with one attached hydrogen (secondary N) is 1. The van der Waals surface area contributed by atoms with E-state index >= 15 is 0 Å². The summed E-state index contributed by atoms with van der Waals surface area (Å²) in [6, 6.07) is 14.9. The van der Waals surface area contributed by atoms with Crippen molar-refractivity contribution in [2.24, 2.45) is 0 Å². The molecule has 0 spiro atoms. The molecule has 0 saturated heterocycles. The number of sulfonamides is 1. The van der Waals surface area contributed by atoms with Crippen LogP contribution < -0.4 is 4.72 Å². The van der Waals surface area contributed by atoms with Crippen LogP contribution in [-0.4, -0.2) is 32.5 Å². The van der Waals surface area contributed by atoms with Crippen LogP contribution in [0.4, 0.5) is 5.69 Å². The molecule has 1 N–H and O–H groups in total. The predicted octanol–water partition coefficient (Wildman–Crippen LogP) is 3.21. The highest BCUT2D eigenvalue weighted by Gasteiger charge is 2.27. The number of hydrogen-bond donors (Lipinski definition) is 1. The SMILES string of the molecule is CN(C(=O)c1cccc(NS(C)(=O)=O)c1)C1CCCc2ccccc21. The molecule has 2 aromatic rings. The second-order valence-electron chi connectivity index (χ2n) is 6.48. The fourth-order valence-corrected chi connectivity index (χ4v) is 3.96. The molecule has 2 aromatic carbocycles. The average molecular weight is 358 g/mol.